The van der Waals surface area contributed by atoms with E-state index in [1.165, 1.54) is 0 Å². The molecule has 0 amide bonds. The summed E-state index contributed by atoms with van der Waals surface area (Å²) in [7, 11) is 0. The number of rotatable bonds is 6. The number of carbonyl (C=O) groups excluding carboxylic acids is 1. The van der Waals surface area contributed by atoms with Gasteiger partial charge in [0.15, 0.2) is 0 Å². The van der Waals surface area contributed by atoms with E-state index < -0.39 is 11.5 Å². The zero-order valence-corrected chi connectivity index (χ0v) is 8.26. The Kier molecular flexibility index (Phi) is 7.20. The molecule has 0 aliphatic carbocycles. The Morgan fingerprint density at radius 1 is 1.33 bits per heavy atom. The van der Waals surface area contributed by atoms with Crippen LogP contribution in [0.4, 0.5) is 0 Å². The fourth-order valence-corrected chi connectivity index (χ4v) is 0.710. The highest BCUT2D eigenvalue weighted by Gasteiger charge is 2.15. The maximum atomic E-state index is 10.9. The van der Waals surface area contributed by atoms with Gasteiger partial charge in [-0.1, -0.05) is 25.4 Å². The molecule has 0 N–H and O–H groups in total. The van der Waals surface area contributed by atoms with E-state index in [4.69, 9.17) is 21.1 Å². The lowest BCUT2D eigenvalue weighted by Crippen LogP contribution is -2.21. The Morgan fingerprint density at radius 3 is 2.42 bits per heavy atom. The normalized spacial score (nSPS) is 12.6. The third kappa shape index (κ3) is 5.38. The highest BCUT2D eigenvalue weighted by molar-refractivity contribution is 6.28. The maximum Gasteiger partial charge on any atom is 0.350 e. The molecule has 0 heterocycles. The highest BCUT2D eigenvalue weighted by Crippen LogP contribution is 2.02. The second-order valence-electron chi connectivity index (χ2n) is 2.35. The molecular weight excluding hydrogens is 180 g/mol. The van der Waals surface area contributed by atoms with Crippen molar-refractivity contribution in [1.82, 2.24) is 0 Å². The number of hydrogen-bond donors (Lipinski definition) is 0. The van der Waals surface area contributed by atoms with Gasteiger partial charge < -0.3 is 9.47 Å². The molecule has 0 aliphatic heterocycles. The van der Waals surface area contributed by atoms with Crippen LogP contribution in [0.5, 0.6) is 0 Å². The van der Waals surface area contributed by atoms with Gasteiger partial charge in [0.1, 0.15) is 0 Å². The molecule has 0 aromatic carbocycles. The van der Waals surface area contributed by atoms with E-state index in [0.717, 1.165) is 12.8 Å². The molecular formula is C8H15ClO3. The van der Waals surface area contributed by atoms with E-state index in [2.05, 4.69) is 0 Å². The van der Waals surface area contributed by atoms with Crippen LogP contribution in [0.3, 0.4) is 0 Å². The summed E-state index contributed by atoms with van der Waals surface area (Å²) in [5.41, 5.74) is -0.948. The Hall–Kier alpha value is -0.280. The summed E-state index contributed by atoms with van der Waals surface area (Å²) in [4.78, 5) is 10.9. The van der Waals surface area contributed by atoms with Crippen LogP contribution in [-0.4, -0.2) is 24.7 Å². The molecule has 72 valence electrons. The number of carbonyl (C=O) groups is 1. The van der Waals surface area contributed by atoms with Gasteiger partial charge in [-0.05, 0) is 12.8 Å². The lowest BCUT2D eigenvalue weighted by molar-refractivity contribution is -0.151. The fourth-order valence-electron chi connectivity index (χ4n) is 0.558. The van der Waals surface area contributed by atoms with Gasteiger partial charge in [-0.3, -0.25) is 0 Å². The summed E-state index contributed by atoms with van der Waals surface area (Å²) < 4.78 is 9.69. The predicted octanol–water partition coefficient (Wildman–Crippen LogP) is 1.93. The average molecular weight is 195 g/mol. The number of hydrogen-bond acceptors (Lipinski definition) is 3. The van der Waals surface area contributed by atoms with Crippen LogP contribution in [0.1, 0.15) is 26.7 Å². The van der Waals surface area contributed by atoms with Crippen molar-refractivity contribution in [2.75, 3.05) is 13.2 Å². The molecule has 3 nitrogen and oxygen atoms in total. The van der Waals surface area contributed by atoms with Crippen LogP contribution in [0.15, 0.2) is 0 Å². The predicted molar refractivity (Wildman–Crippen MR) is 47.1 cm³/mol. The first kappa shape index (κ1) is 11.7. The second kappa shape index (κ2) is 7.37. The highest BCUT2D eigenvalue weighted by atomic mass is 35.5. The minimum absolute atomic E-state index is 0.400. The maximum absolute atomic E-state index is 10.9. The molecule has 0 fully saturated rings. The van der Waals surface area contributed by atoms with Gasteiger partial charge in [-0.2, -0.15) is 0 Å². The zero-order chi connectivity index (χ0) is 9.40. The van der Waals surface area contributed by atoms with Crippen molar-refractivity contribution in [2.45, 2.75) is 32.3 Å². The van der Waals surface area contributed by atoms with Gasteiger partial charge >= 0.3 is 5.97 Å². The summed E-state index contributed by atoms with van der Waals surface area (Å²) in [6.45, 7) is 4.75. The molecule has 0 aromatic heterocycles. The largest absolute Gasteiger partial charge is 0.463 e. The summed E-state index contributed by atoms with van der Waals surface area (Å²) in [5, 5.41) is 0. The van der Waals surface area contributed by atoms with Crippen molar-refractivity contribution in [3.63, 3.8) is 0 Å². The molecule has 4 heteroatoms. The molecule has 0 saturated carbocycles. The first-order valence-electron chi connectivity index (χ1n) is 4.14. The van der Waals surface area contributed by atoms with Crippen molar-refractivity contribution in [2.24, 2.45) is 0 Å². The van der Waals surface area contributed by atoms with Crippen molar-refractivity contribution in [3.8, 4) is 0 Å². The molecule has 0 spiro atoms. The van der Waals surface area contributed by atoms with E-state index in [9.17, 15) is 4.79 Å². The van der Waals surface area contributed by atoms with Crippen LogP contribution >= 0.6 is 11.6 Å². The second-order valence-corrected chi connectivity index (χ2v) is 2.75. The summed E-state index contributed by atoms with van der Waals surface area (Å²) in [6, 6.07) is 0. The first-order valence-corrected chi connectivity index (χ1v) is 4.58. The Morgan fingerprint density at radius 2 is 1.92 bits per heavy atom. The van der Waals surface area contributed by atoms with Crippen LogP contribution in [0.25, 0.3) is 0 Å². The number of ether oxygens (including phenoxy) is 2. The third-order valence-corrected chi connectivity index (χ3v) is 1.41. The number of esters is 1. The van der Waals surface area contributed by atoms with Crippen molar-refractivity contribution >= 4 is 17.6 Å². The van der Waals surface area contributed by atoms with Crippen LogP contribution in [0.2, 0.25) is 0 Å². The molecule has 12 heavy (non-hydrogen) atoms. The van der Waals surface area contributed by atoms with Gasteiger partial charge in [0.05, 0.1) is 6.61 Å². The minimum atomic E-state index is -0.948. The fraction of sp³-hybridized carbons (Fsp3) is 0.875. The minimum Gasteiger partial charge on any atom is -0.463 e. The average Bonchev–Trinajstić information content (AvgIpc) is 2.10. The van der Waals surface area contributed by atoms with E-state index >= 15 is 0 Å². The first-order chi connectivity index (χ1) is 5.72. The van der Waals surface area contributed by atoms with E-state index in [1.54, 1.807) is 0 Å². The van der Waals surface area contributed by atoms with Gasteiger partial charge in [-0.25, -0.2) is 4.79 Å². The van der Waals surface area contributed by atoms with E-state index in [-0.39, 0.29) is 0 Å². The molecule has 0 rings (SSSR count). The standard InChI is InChI=1S/C8H15ClO3/c1-3-5-11-7(9)8(10)12-6-4-2/h7H,3-6H2,1-2H3. The molecule has 0 aromatic rings. The number of alkyl halides is 1. The quantitative estimate of drug-likeness (QED) is 0.479. The lowest BCUT2D eigenvalue weighted by Gasteiger charge is -2.09. The third-order valence-electron chi connectivity index (χ3n) is 1.10. The number of halogens is 1. The topological polar surface area (TPSA) is 35.5 Å². The van der Waals surface area contributed by atoms with Crippen LogP contribution < -0.4 is 0 Å². The Bertz CT molecular complexity index is 127. The molecule has 1 atom stereocenters. The summed E-state index contributed by atoms with van der Waals surface area (Å²) in [6.07, 6.45) is 1.63. The van der Waals surface area contributed by atoms with E-state index in [0.29, 0.717) is 13.2 Å². The SMILES string of the molecule is CCCOC(=O)C(Cl)OCCC. The molecule has 0 aliphatic rings. The van der Waals surface area contributed by atoms with Crippen molar-refractivity contribution in [1.29, 1.82) is 0 Å². The molecule has 1 unspecified atom stereocenters. The Labute approximate surface area is 78.0 Å². The van der Waals surface area contributed by atoms with Gasteiger partial charge in [-0.15, -0.1) is 0 Å². The summed E-state index contributed by atoms with van der Waals surface area (Å²) in [5.74, 6) is -0.494. The van der Waals surface area contributed by atoms with Crippen molar-refractivity contribution < 1.29 is 14.3 Å². The van der Waals surface area contributed by atoms with Crippen LogP contribution in [-0.2, 0) is 14.3 Å². The molecule has 0 radical (unpaired) electrons. The lowest BCUT2D eigenvalue weighted by atomic mass is 10.5. The molecule has 0 bridgehead atoms. The van der Waals surface area contributed by atoms with Crippen molar-refractivity contribution in [3.05, 3.63) is 0 Å². The molecule has 0 saturated heterocycles. The van der Waals surface area contributed by atoms with Gasteiger partial charge in [0, 0.05) is 6.61 Å². The van der Waals surface area contributed by atoms with Gasteiger partial charge in [0.2, 0.25) is 5.56 Å². The summed E-state index contributed by atoms with van der Waals surface area (Å²) >= 11 is 5.55. The van der Waals surface area contributed by atoms with E-state index in [1.807, 2.05) is 13.8 Å². The monoisotopic (exact) mass is 194 g/mol. The smallest absolute Gasteiger partial charge is 0.350 e. The van der Waals surface area contributed by atoms with Crippen LogP contribution in [0, 0.1) is 0 Å². The zero-order valence-electron chi connectivity index (χ0n) is 7.51. The van der Waals surface area contributed by atoms with Gasteiger partial charge in [0.25, 0.3) is 0 Å². The Balaban J connectivity index is 3.47.